The van der Waals surface area contributed by atoms with Crippen LogP contribution in [0.3, 0.4) is 0 Å². The molecule has 0 saturated carbocycles. The fraction of sp³-hybridized carbons (Fsp3) is 0.652. The minimum absolute atomic E-state index is 0.179. The fourth-order valence-electron chi connectivity index (χ4n) is 7.65. The average Bonchev–Trinajstić information content (AvgIpc) is 3.38. The number of carbonyl (C=O) groups excluding carboxylic acids is 2. The predicted molar refractivity (Wildman–Crippen MR) is 318 cm³/mol. The first-order valence-electron chi connectivity index (χ1n) is 29.7. The Morgan fingerprint density at radius 3 is 1.13 bits per heavy atom. The molecule has 0 aromatic heterocycles. The molecular formula is C66H110NO8+. The SMILES string of the molecule is CC/C=C\C/C=C\C/C=C\C/C=C\C/C=C\C/C=C\C/C=C\C/C=C\CCCCCCCCCCCCC(=O)OC(COC(=O)CCCCCCC/C=C\C/C=C\CCCCC)COC(OCC[N+](C)(C)C)C(=O)O. The molecule has 0 rings (SSSR count). The van der Waals surface area contributed by atoms with E-state index >= 15 is 0 Å². The van der Waals surface area contributed by atoms with Crippen molar-refractivity contribution in [2.24, 2.45) is 0 Å². The Bertz CT molecular complexity index is 1640. The first kappa shape index (κ1) is 70.7. The second-order valence-corrected chi connectivity index (χ2v) is 20.6. The first-order chi connectivity index (χ1) is 36.6. The number of unbranched alkanes of at least 4 members (excludes halogenated alkanes) is 18. The van der Waals surface area contributed by atoms with Crippen LogP contribution in [-0.2, 0) is 33.3 Å². The Morgan fingerprint density at radius 1 is 0.413 bits per heavy atom. The molecule has 0 spiro atoms. The normalized spacial score (nSPS) is 13.7. The maximum absolute atomic E-state index is 12.9. The Balaban J connectivity index is 4.21. The van der Waals surface area contributed by atoms with Gasteiger partial charge in [-0.3, -0.25) is 9.59 Å². The van der Waals surface area contributed by atoms with Gasteiger partial charge in [0, 0.05) is 12.8 Å². The summed E-state index contributed by atoms with van der Waals surface area (Å²) < 4.78 is 22.8. The zero-order valence-electron chi connectivity index (χ0n) is 48.4. The Morgan fingerprint density at radius 2 is 0.760 bits per heavy atom. The molecule has 0 saturated heterocycles. The van der Waals surface area contributed by atoms with Crippen molar-refractivity contribution < 1.29 is 42.9 Å². The summed E-state index contributed by atoms with van der Waals surface area (Å²) in [5, 5.41) is 9.70. The molecule has 2 atom stereocenters. The number of carbonyl (C=O) groups is 3. The molecule has 0 aromatic rings. The summed E-state index contributed by atoms with van der Waals surface area (Å²) in [6.45, 7) is 4.70. The van der Waals surface area contributed by atoms with Crippen molar-refractivity contribution in [3.63, 3.8) is 0 Å². The van der Waals surface area contributed by atoms with E-state index in [1.165, 1.54) is 64.2 Å². The van der Waals surface area contributed by atoms with E-state index in [1.807, 2.05) is 21.1 Å². The van der Waals surface area contributed by atoms with Crippen molar-refractivity contribution in [2.45, 2.75) is 232 Å². The second-order valence-electron chi connectivity index (χ2n) is 20.6. The van der Waals surface area contributed by atoms with Crippen LogP contribution in [0.1, 0.15) is 219 Å². The number of aliphatic carboxylic acids is 1. The van der Waals surface area contributed by atoms with E-state index in [9.17, 15) is 19.5 Å². The number of allylic oxidation sites excluding steroid dienone is 20. The van der Waals surface area contributed by atoms with Gasteiger partial charge in [-0.1, -0.05) is 219 Å². The minimum atomic E-state index is -1.52. The second kappa shape index (κ2) is 55.9. The molecule has 0 fully saturated rings. The summed E-state index contributed by atoms with van der Waals surface area (Å²) in [5.74, 6) is -2.04. The summed E-state index contributed by atoms with van der Waals surface area (Å²) in [4.78, 5) is 37.4. The van der Waals surface area contributed by atoms with Gasteiger partial charge in [0.2, 0.25) is 0 Å². The summed E-state index contributed by atoms with van der Waals surface area (Å²) in [6, 6.07) is 0. The van der Waals surface area contributed by atoms with E-state index in [0.717, 1.165) is 122 Å². The molecule has 0 heterocycles. The molecule has 0 amide bonds. The van der Waals surface area contributed by atoms with Gasteiger partial charge in [-0.15, -0.1) is 0 Å². The molecule has 0 bridgehead atoms. The van der Waals surface area contributed by atoms with Crippen LogP contribution in [-0.4, -0.2) is 87.4 Å². The highest BCUT2D eigenvalue weighted by molar-refractivity contribution is 5.71. The highest BCUT2D eigenvalue weighted by atomic mass is 16.7. The molecular weight excluding hydrogens is 935 g/mol. The first-order valence-corrected chi connectivity index (χ1v) is 29.7. The number of likely N-dealkylation sites (N-methyl/N-ethyl adjacent to an activating group) is 1. The number of quaternary nitrogens is 1. The lowest BCUT2D eigenvalue weighted by Gasteiger charge is -2.25. The number of esters is 2. The van der Waals surface area contributed by atoms with Gasteiger partial charge in [0.05, 0.1) is 34.4 Å². The summed E-state index contributed by atoms with van der Waals surface area (Å²) in [5.41, 5.74) is 0. The van der Waals surface area contributed by atoms with Crippen molar-refractivity contribution in [2.75, 3.05) is 47.5 Å². The third-order valence-electron chi connectivity index (χ3n) is 12.2. The van der Waals surface area contributed by atoms with Crippen molar-refractivity contribution >= 4 is 17.9 Å². The summed E-state index contributed by atoms with van der Waals surface area (Å²) in [7, 11) is 5.95. The van der Waals surface area contributed by atoms with E-state index in [0.29, 0.717) is 17.4 Å². The van der Waals surface area contributed by atoms with Crippen molar-refractivity contribution in [3.8, 4) is 0 Å². The average molecular weight is 1050 g/mol. The number of hydrogen-bond donors (Lipinski definition) is 1. The highest BCUT2D eigenvalue weighted by Crippen LogP contribution is 2.14. The molecule has 0 aliphatic heterocycles. The number of rotatable bonds is 53. The van der Waals surface area contributed by atoms with Crippen LogP contribution in [0.5, 0.6) is 0 Å². The van der Waals surface area contributed by atoms with E-state index < -0.39 is 24.3 Å². The predicted octanol–water partition coefficient (Wildman–Crippen LogP) is 17.7. The van der Waals surface area contributed by atoms with Crippen molar-refractivity contribution in [1.29, 1.82) is 0 Å². The van der Waals surface area contributed by atoms with Crippen LogP contribution in [0.4, 0.5) is 0 Å². The van der Waals surface area contributed by atoms with Gasteiger partial charge in [-0.05, 0) is 109 Å². The van der Waals surface area contributed by atoms with E-state index in [1.54, 1.807) is 0 Å². The molecule has 9 heteroatoms. The Labute approximate surface area is 459 Å². The van der Waals surface area contributed by atoms with E-state index in [-0.39, 0.29) is 38.6 Å². The quantitative estimate of drug-likeness (QED) is 0.0211. The van der Waals surface area contributed by atoms with Crippen LogP contribution < -0.4 is 0 Å². The maximum atomic E-state index is 12.9. The summed E-state index contributed by atoms with van der Waals surface area (Å²) in [6.07, 6.45) is 75.6. The van der Waals surface area contributed by atoms with Crippen LogP contribution in [0.2, 0.25) is 0 Å². The Kier molecular flexibility index (Phi) is 52.7. The third-order valence-corrected chi connectivity index (χ3v) is 12.2. The molecule has 0 aliphatic carbocycles. The number of carboxylic acid groups (broad SMARTS) is 1. The molecule has 1 N–H and O–H groups in total. The largest absolute Gasteiger partial charge is 0.477 e. The molecule has 0 aliphatic rings. The monoisotopic (exact) mass is 1040 g/mol. The molecule has 0 aromatic carbocycles. The maximum Gasteiger partial charge on any atom is 0.361 e. The number of nitrogens with zero attached hydrogens (tertiary/aromatic N) is 1. The Hall–Kier alpha value is -4.31. The third kappa shape index (κ3) is 57.2. The standard InChI is InChI=1S/C66H109NO8/c1-6-8-10-12-14-16-18-20-22-23-24-25-26-27-28-29-30-31-32-33-34-35-36-37-38-39-40-41-43-45-47-49-51-53-55-57-64(69)75-62(61-74-66(65(70)71)72-59-58-67(3,4)5)60-73-63(68)56-54-52-50-48-46-44-42-21-19-17-15-13-11-9-7-2/h8,10,14-17,20-22,24-25,27-28,30-31,33-34,36-37,42,62,66H,6-7,9,11-13,18-19,23,26,29,32,35,38-41,43-61H2,1-5H3/p+1/b10-8-,16-14-,17-15-,22-20-,25-24-,28-27-,31-30-,34-33-,37-36-,42-21-. The van der Waals surface area contributed by atoms with Gasteiger partial charge in [0.15, 0.2) is 6.10 Å². The van der Waals surface area contributed by atoms with Crippen LogP contribution in [0, 0.1) is 0 Å². The van der Waals surface area contributed by atoms with Gasteiger partial charge in [-0.2, -0.15) is 0 Å². The van der Waals surface area contributed by atoms with Crippen molar-refractivity contribution in [1.82, 2.24) is 0 Å². The smallest absolute Gasteiger partial charge is 0.361 e. The van der Waals surface area contributed by atoms with Gasteiger partial charge in [0.1, 0.15) is 13.2 Å². The zero-order chi connectivity index (χ0) is 54.8. The van der Waals surface area contributed by atoms with E-state index in [4.69, 9.17) is 18.9 Å². The number of hydrogen-bond acceptors (Lipinski definition) is 7. The van der Waals surface area contributed by atoms with Gasteiger partial charge in [0.25, 0.3) is 6.29 Å². The van der Waals surface area contributed by atoms with Crippen LogP contribution in [0.25, 0.3) is 0 Å². The minimum Gasteiger partial charge on any atom is -0.477 e. The van der Waals surface area contributed by atoms with Gasteiger partial charge >= 0.3 is 17.9 Å². The van der Waals surface area contributed by atoms with E-state index in [2.05, 4.69) is 135 Å². The van der Waals surface area contributed by atoms with Crippen LogP contribution in [0.15, 0.2) is 122 Å². The molecule has 426 valence electrons. The molecule has 0 radical (unpaired) electrons. The molecule has 2 unspecified atom stereocenters. The molecule has 9 nitrogen and oxygen atoms in total. The van der Waals surface area contributed by atoms with Gasteiger partial charge < -0.3 is 28.5 Å². The van der Waals surface area contributed by atoms with Crippen molar-refractivity contribution in [3.05, 3.63) is 122 Å². The molecule has 75 heavy (non-hydrogen) atoms. The lowest BCUT2D eigenvalue weighted by Crippen LogP contribution is -2.40. The highest BCUT2D eigenvalue weighted by Gasteiger charge is 2.25. The van der Waals surface area contributed by atoms with Gasteiger partial charge in [-0.25, -0.2) is 4.79 Å². The number of ether oxygens (including phenoxy) is 4. The topological polar surface area (TPSA) is 108 Å². The summed E-state index contributed by atoms with van der Waals surface area (Å²) >= 11 is 0. The fourth-order valence-corrected chi connectivity index (χ4v) is 7.65. The van der Waals surface area contributed by atoms with Crippen LogP contribution >= 0.6 is 0 Å². The lowest BCUT2D eigenvalue weighted by molar-refractivity contribution is -0.870. The number of carboxylic acids is 1. The zero-order valence-corrected chi connectivity index (χ0v) is 48.4. The lowest BCUT2D eigenvalue weighted by atomic mass is 10.0.